The predicted molar refractivity (Wildman–Crippen MR) is 125 cm³/mol. The van der Waals surface area contributed by atoms with Gasteiger partial charge in [0.05, 0.1) is 6.04 Å². The molecule has 3 atom stereocenters. The molecule has 0 saturated heterocycles. The highest BCUT2D eigenvalue weighted by Crippen LogP contribution is 2.43. The van der Waals surface area contributed by atoms with E-state index in [0.29, 0.717) is 0 Å². The van der Waals surface area contributed by atoms with E-state index in [1.165, 1.54) is 11.1 Å². The van der Waals surface area contributed by atoms with E-state index in [4.69, 9.17) is 0 Å². The molecule has 0 radical (unpaired) electrons. The molecule has 3 aromatic carbocycles. The Morgan fingerprint density at radius 1 is 0.900 bits per heavy atom. The smallest absolute Gasteiger partial charge is 0.258 e. The maximum atomic E-state index is 13.6. The monoisotopic (exact) mass is 398 g/mol. The number of nitrogens with zero attached hydrogens (tertiary/aromatic N) is 1. The fraction of sp³-hybridized carbons (Fsp3) is 0.296. The number of fused-ring (bicyclic) bond motifs is 1. The molecule has 0 aliphatic carbocycles. The van der Waals surface area contributed by atoms with Crippen LogP contribution in [0.5, 0.6) is 0 Å². The second-order valence-electron chi connectivity index (χ2n) is 8.11. The van der Waals surface area contributed by atoms with Gasteiger partial charge in [-0.25, -0.2) is 0 Å². The molecule has 1 N–H and O–H groups in total. The molecule has 1 amide bonds. The van der Waals surface area contributed by atoms with Gasteiger partial charge in [0, 0.05) is 28.9 Å². The quantitative estimate of drug-likeness (QED) is 0.534. The van der Waals surface area contributed by atoms with Crippen LogP contribution in [0.2, 0.25) is 0 Å². The summed E-state index contributed by atoms with van der Waals surface area (Å²) in [5, 5.41) is 3.73. The number of para-hydroxylation sites is 2. The van der Waals surface area contributed by atoms with Crippen molar-refractivity contribution in [3.8, 4) is 0 Å². The van der Waals surface area contributed by atoms with Crippen LogP contribution in [0.15, 0.2) is 78.9 Å². The number of benzene rings is 3. The van der Waals surface area contributed by atoms with Crippen molar-refractivity contribution in [2.45, 2.75) is 45.7 Å². The standard InChI is InChI=1S/C27H30N2O/c1-4-20-15-17-21(18-16-20)27(30)29-24(5-2)19(3)26(23-13-9-10-14-25(23)29)28-22-11-7-6-8-12-22/h6-19,24,26,28H,4-5H2,1-3H3/t19-,24?,26?/m1/s1. The molecule has 1 heterocycles. The van der Waals surface area contributed by atoms with E-state index >= 15 is 0 Å². The lowest BCUT2D eigenvalue weighted by Crippen LogP contribution is -2.50. The molecule has 0 bridgehead atoms. The van der Waals surface area contributed by atoms with Crippen LogP contribution in [0.1, 0.15) is 54.7 Å². The van der Waals surface area contributed by atoms with Gasteiger partial charge >= 0.3 is 0 Å². The van der Waals surface area contributed by atoms with Gasteiger partial charge < -0.3 is 10.2 Å². The van der Waals surface area contributed by atoms with Crippen molar-refractivity contribution in [3.05, 3.63) is 95.6 Å². The summed E-state index contributed by atoms with van der Waals surface area (Å²) in [6, 6.07) is 27.0. The van der Waals surface area contributed by atoms with Crippen LogP contribution in [-0.2, 0) is 6.42 Å². The Morgan fingerprint density at radius 2 is 1.57 bits per heavy atom. The third-order valence-electron chi connectivity index (χ3n) is 6.34. The Labute approximate surface area is 179 Å². The highest BCUT2D eigenvalue weighted by atomic mass is 16.2. The maximum absolute atomic E-state index is 13.6. The van der Waals surface area contributed by atoms with Crippen molar-refractivity contribution in [2.75, 3.05) is 10.2 Å². The number of aryl methyl sites for hydroxylation is 1. The van der Waals surface area contributed by atoms with Crippen LogP contribution in [0.25, 0.3) is 0 Å². The summed E-state index contributed by atoms with van der Waals surface area (Å²) in [6.07, 6.45) is 1.88. The average Bonchev–Trinajstić information content (AvgIpc) is 2.80. The molecule has 3 heteroatoms. The number of rotatable bonds is 5. The molecule has 0 spiro atoms. The zero-order valence-electron chi connectivity index (χ0n) is 18.0. The van der Waals surface area contributed by atoms with Crippen LogP contribution in [-0.4, -0.2) is 11.9 Å². The molecule has 3 nitrogen and oxygen atoms in total. The first-order chi connectivity index (χ1) is 14.6. The van der Waals surface area contributed by atoms with Crippen molar-refractivity contribution in [1.29, 1.82) is 0 Å². The summed E-state index contributed by atoms with van der Waals surface area (Å²) < 4.78 is 0. The summed E-state index contributed by atoms with van der Waals surface area (Å²) >= 11 is 0. The van der Waals surface area contributed by atoms with Crippen molar-refractivity contribution in [2.24, 2.45) is 5.92 Å². The Balaban J connectivity index is 1.74. The summed E-state index contributed by atoms with van der Waals surface area (Å²) in [5.41, 5.74) is 5.30. The second-order valence-corrected chi connectivity index (χ2v) is 8.11. The molecule has 0 fully saturated rings. The number of carbonyl (C=O) groups excluding carboxylic acids is 1. The Bertz CT molecular complexity index is 997. The molecule has 3 aromatic rings. The van der Waals surface area contributed by atoms with Crippen LogP contribution in [0.4, 0.5) is 11.4 Å². The maximum Gasteiger partial charge on any atom is 0.258 e. The largest absolute Gasteiger partial charge is 0.378 e. The van der Waals surface area contributed by atoms with Gasteiger partial charge in [-0.2, -0.15) is 0 Å². The Kier molecular flexibility index (Phi) is 5.89. The molecule has 2 unspecified atom stereocenters. The summed E-state index contributed by atoms with van der Waals surface area (Å²) in [5.74, 6) is 0.353. The minimum absolute atomic E-state index is 0.0852. The second kappa shape index (κ2) is 8.74. The average molecular weight is 399 g/mol. The van der Waals surface area contributed by atoms with Gasteiger partial charge in [0.25, 0.3) is 5.91 Å². The SMILES string of the molecule is CCc1ccc(C(=O)N2c3ccccc3C(Nc3ccccc3)[C@H](C)C2CC)cc1. The van der Waals surface area contributed by atoms with E-state index in [9.17, 15) is 4.79 Å². The molecular formula is C27H30N2O. The molecule has 0 aromatic heterocycles. The minimum Gasteiger partial charge on any atom is -0.378 e. The Morgan fingerprint density at radius 3 is 2.23 bits per heavy atom. The lowest BCUT2D eigenvalue weighted by molar-refractivity contribution is 0.0960. The number of amides is 1. The normalized spacial score (nSPS) is 20.5. The highest BCUT2D eigenvalue weighted by molar-refractivity contribution is 6.07. The third-order valence-corrected chi connectivity index (χ3v) is 6.34. The van der Waals surface area contributed by atoms with Crippen LogP contribution in [0, 0.1) is 5.92 Å². The van der Waals surface area contributed by atoms with Gasteiger partial charge in [0.2, 0.25) is 0 Å². The molecule has 1 aliphatic heterocycles. The molecule has 0 saturated carbocycles. The van der Waals surface area contributed by atoms with Crippen molar-refractivity contribution < 1.29 is 4.79 Å². The molecule has 154 valence electrons. The molecule has 1 aliphatic rings. The summed E-state index contributed by atoms with van der Waals surface area (Å²) in [7, 11) is 0. The summed E-state index contributed by atoms with van der Waals surface area (Å²) in [4.78, 5) is 15.7. The first-order valence-electron chi connectivity index (χ1n) is 11.0. The van der Waals surface area contributed by atoms with E-state index in [2.05, 4.69) is 80.7 Å². The molecular weight excluding hydrogens is 368 g/mol. The molecule has 4 rings (SSSR count). The van der Waals surface area contributed by atoms with Crippen LogP contribution < -0.4 is 10.2 Å². The van der Waals surface area contributed by atoms with E-state index < -0.39 is 0 Å². The predicted octanol–water partition coefficient (Wildman–Crippen LogP) is 6.48. The van der Waals surface area contributed by atoms with Gasteiger partial charge in [0.1, 0.15) is 0 Å². The first-order valence-corrected chi connectivity index (χ1v) is 11.0. The molecule has 30 heavy (non-hydrogen) atoms. The summed E-state index contributed by atoms with van der Waals surface area (Å²) in [6.45, 7) is 6.56. The lowest BCUT2D eigenvalue weighted by Gasteiger charge is -2.45. The highest BCUT2D eigenvalue weighted by Gasteiger charge is 2.40. The minimum atomic E-state index is 0.0852. The van der Waals surface area contributed by atoms with Crippen LogP contribution in [0.3, 0.4) is 0 Å². The van der Waals surface area contributed by atoms with Gasteiger partial charge in [-0.3, -0.25) is 4.79 Å². The van der Waals surface area contributed by atoms with Crippen molar-refractivity contribution in [1.82, 2.24) is 0 Å². The van der Waals surface area contributed by atoms with E-state index in [-0.39, 0.29) is 23.9 Å². The Hall–Kier alpha value is -3.07. The number of nitrogens with one attached hydrogen (secondary N) is 1. The topological polar surface area (TPSA) is 32.3 Å². The van der Waals surface area contributed by atoms with Gasteiger partial charge in [-0.15, -0.1) is 0 Å². The van der Waals surface area contributed by atoms with E-state index in [1.54, 1.807) is 0 Å². The van der Waals surface area contributed by atoms with Gasteiger partial charge in [0.15, 0.2) is 0 Å². The van der Waals surface area contributed by atoms with Crippen molar-refractivity contribution in [3.63, 3.8) is 0 Å². The third kappa shape index (κ3) is 3.72. The van der Waals surface area contributed by atoms with Gasteiger partial charge in [-0.05, 0) is 54.3 Å². The number of anilines is 2. The fourth-order valence-electron chi connectivity index (χ4n) is 4.65. The lowest BCUT2D eigenvalue weighted by atomic mass is 9.80. The zero-order chi connectivity index (χ0) is 21.1. The fourth-order valence-corrected chi connectivity index (χ4v) is 4.65. The zero-order valence-corrected chi connectivity index (χ0v) is 18.0. The van der Waals surface area contributed by atoms with Crippen LogP contribution >= 0.6 is 0 Å². The number of hydrogen-bond donors (Lipinski definition) is 1. The van der Waals surface area contributed by atoms with E-state index in [1.807, 2.05) is 29.2 Å². The number of hydrogen-bond acceptors (Lipinski definition) is 2. The first kappa shape index (κ1) is 20.2. The van der Waals surface area contributed by atoms with Crippen molar-refractivity contribution >= 4 is 17.3 Å². The van der Waals surface area contributed by atoms with Gasteiger partial charge in [-0.1, -0.05) is 69.3 Å². The van der Waals surface area contributed by atoms with E-state index in [0.717, 1.165) is 29.8 Å². The number of carbonyl (C=O) groups is 1.